The number of benzene rings is 1. The number of rotatable bonds is 5. The third-order valence-corrected chi connectivity index (χ3v) is 7.44. The van der Waals surface area contributed by atoms with Gasteiger partial charge < -0.3 is 10.6 Å². The van der Waals surface area contributed by atoms with Crippen molar-refractivity contribution in [2.45, 2.75) is 49.6 Å². The van der Waals surface area contributed by atoms with E-state index in [-0.39, 0.29) is 5.75 Å². The largest absolute Gasteiger partial charge is 0.365 e. The van der Waals surface area contributed by atoms with Gasteiger partial charge in [-0.2, -0.15) is 0 Å². The molecular formula is C20H23N5O2S. The van der Waals surface area contributed by atoms with E-state index in [1.807, 2.05) is 30.3 Å². The van der Waals surface area contributed by atoms with Crippen LogP contribution in [0.3, 0.4) is 0 Å². The van der Waals surface area contributed by atoms with Crippen LogP contribution < -0.4 is 10.6 Å². The van der Waals surface area contributed by atoms with Crippen LogP contribution in [-0.2, 0) is 15.8 Å². The van der Waals surface area contributed by atoms with Crippen LogP contribution >= 0.6 is 0 Å². The van der Waals surface area contributed by atoms with Crippen LogP contribution in [0.4, 0.5) is 5.82 Å². The smallest absolute Gasteiger partial charge is 0.244 e. The molecule has 1 aromatic carbocycles. The first-order valence-corrected chi connectivity index (χ1v) is 11.3. The van der Waals surface area contributed by atoms with Crippen molar-refractivity contribution >= 4 is 26.9 Å². The summed E-state index contributed by atoms with van der Waals surface area (Å²) in [4.78, 5) is 8.67. The predicted octanol–water partition coefficient (Wildman–Crippen LogP) is 2.50. The molecule has 0 unspecified atom stereocenters. The highest BCUT2D eigenvalue weighted by Crippen LogP contribution is 2.30. The molecule has 2 bridgehead atoms. The lowest BCUT2D eigenvalue weighted by Crippen LogP contribution is -2.47. The van der Waals surface area contributed by atoms with Crippen molar-refractivity contribution in [3.8, 4) is 0 Å². The maximum Gasteiger partial charge on any atom is 0.244 e. The van der Waals surface area contributed by atoms with Crippen molar-refractivity contribution in [1.82, 2.24) is 19.3 Å². The molecule has 4 heterocycles. The molecule has 3 atom stereocenters. The molecule has 0 radical (unpaired) electrons. The second-order valence-corrected chi connectivity index (χ2v) is 9.53. The second-order valence-electron chi connectivity index (χ2n) is 7.69. The molecule has 0 aliphatic carbocycles. The van der Waals surface area contributed by atoms with Crippen molar-refractivity contribution in [2.24, 2.45) is 0 Å². The Balaban J connectivity index is 1.45. The van der Waals surface area contributed by atoms with E-state index in [1.54, 1.807) is 12.3 Å². The van der Waals surface area contributed by atoms with Gasteiger partial charge in [0.2, 0.25) is 10.0 Å². The fourth-order valence-corrected chi connectivity index (χ4v) is 5.86. The molecule has 0 amide bonds. The number of piperidine rings is 1. The highest BCUT2D eigenvalue weighted by Gasteiger charge is 2.35. The van der Waals surface area contributed by atoms with Gasteiger partial charge in [-0.3, -0.25) is 0 Å². The molecule has 146 valence electrons. The summed E-state index contributed by atoms with van der Waals surface area (Å²) in [5.41, 5.74) is 1.17. The van der Waals surface area contributed by atoms with Gasteiger partial charge in [0.25, 0.3) is 0 Å². The zero-order chi connectivity index (χ0) is 19.1. The van der Waals surface area contributed by atoms with E-state index >= 15 is 0 Å². The van der Waals surface area contributed by atoms with Gasteiger partial charge in [0.05, 0.1) is 11.1 Å². The first kappa shape index (κ1) is 17.6. The highest BCUT2D eigenvalue weighted by atomic mass is 32.2. The normalized spacial score (nSPS) is 24.5. The Morgan fingerprint density at radius 2 is 1.89 bits per heavy atom. The van der Waals surface area contributed by atoms with Crippen LogP contribution in [0.25, 0.3) is 11.0 Å². The van der Waals surface area contributed by atoms with E-state index in [0.29, 0.717) is 29.6 Å². The lowest BCUT2D eigenvalue weighted by molar-refractivity contribution is 0.375. The summed E-state index contributed by atoms with van der Waals surface area (Å²) in [5.74, 6) is 0.635. The van der Waals surface area contributed by atoms with Crippen LogP contribution in [0.5, 0.6) is 0 Å². The Morgan fingerprint density at radius 1 is 1.07 bits per heavy atom. The molecule has 5 rings (SSSR count). The number of nitrogens with zero attached hydrogens (tertiary/aromatic N) is 3. The highest BCUT2D eigenvalue weighted by molar-refractivity contribution is 7.89. The number of fused-ring (bicyclic) bond motifs is 3. The van der Waals surface area contributed by atoms with Crippen molar-refractivity contribution in [1.29, 1.82) is 0 Å². The molecule has 0 saturated carbocycles. The van der Waals surface area contributed by atoms with Crippen LogP contribution in [0.2, 0.25) is 0 Å². The molecule has 7 nitrogen and oxygen atoms in total. The predicted molar refractivity (Wildman–Crippen MR) is 109 cm³/mol. The summed E-state index contributed by atoms with van der Waals surface area (Å²) >= 11 is 0. The Bertz CT molecular complexity index is 1100. The van der Waals surface area contributed by atoms with Crippen LogP contribution in [0.15, 0.2) is 48.9 Å². The minimum absolute atomic E-state index is 0.0691. The van der Waals surface area contributed by atoms with E-state index in [2.05, 4.69) is 20.6 Å². The van der Waals surface area contributed by atoms with Gasteiger partial charge in [-0.1, -0.05) is 30.3 Å². The lowest BCUT2D eigenvalue weighted by Gasteiger charge is -2.31. The molecular weight excluding hydrogens is 374 g/mol. The average Bonchev–Trinajstić information content (AvgIpc) is 3.30. The SMILES string of the molecule is O=S(=O)(Cc1ccccc1)n1ccc2c(N[C@H]3CC[C@H]4CC[C@@H]3N4)ncnc21. The number of hydrogen-bond donors (Lipinski definition) is 2. The molecule has 2 saturated heterocycles. The van der Waals surface area contributed by atoms with E-state index < -0.39 is 10.0 Å². The lowest BCUT2D eigenvalue weighted by atomic mass is 10.00. The number of nitrogens with one attached hydrogen (secondary N) is 2. The molecule has 2 aliphatic rings. The maximum atomic E-state index is 13.0. The Hall–Kier alpha value is -2.45. The molecule has 8 heteroatoms. The third-order valence-electron chi connectivity index (χ3n) is 5.85. The van der Waals surface area contributed by atoms with Crippen molar-refractivity contribution in [2.75, 3.05) is 5.32 Å². The third kappa shape index (κ3) is 3.16. The van der Waals surface area contributed by atoms with E-state index in [1.165, 1.54) is 23.1 Å². The molecule has 3 aromatic rings. The van der Waals surface area contributed by atoms with Crippen molar-refractivity contribution in [3.63, 3.8) is 0 Å². The van der Waals surface area contributed by atoms with E-state index in [4.69, 9.17) is 0 Å². The minimum atomic E-state index is -3.57. The summed E-state index contributed by atoms with van der Waals surface area (Å²) in [6, 6.07) is 12.4. The zero-order valence-electron chi connectivity index (χ0n) is 15.5. The van der Waals surface area contributed by atoms with E-state index in [9.17, 15) is 8.42 Å². The molecule has 2 aromatic heterocycles. The fraction of sp³-hybridized carbons (Fsp3) is 0.400. The molecule has 2 N–H and O–H groups in total. The van der Waals surface area contributed by atoms with Gasteiger partial charge in [-0.25, -0.2) is 22.4 Å². The molecule has 2 fully saturated rings. The van der Waals surface area contributed by atoms with Crippen molar-refractivity contribution < 1.29 is 8.42 Å². The number of aromatic nitrogens is 3. The standard InChI is InChI=1S/C20H23N5O2S/c26-28(27,12-14-4-2-1-3-5-14)25-11-10-16-19(21-13-22-20(16)25)24-18-9-7-15-6-8-17(18)23-15/h1-5,10-11,13,15,17-18,23H,6-9,12H2,(H,21,22,24)/t15-,17+,18+/m1/s1. The van der Waals surface area contributed by atoms with Crippen LogP contribution in [0, 0.1) is 0 Å². The van der Waals surface area contributed by atoms with Gasteiger partial charge in [0.1, 0.15) is 12.1 Å². The van der Waals surface area contributed by atoms with Gasteiger partial charge in [-0.15, -0.1) is 0 Å². The van der Waals surface area contributed by atoms with Gasteiger partial charge in [-0.05, 0) is 37.3 Å². The monoisotopic (exact) mass is 397 g/mol. The Kier molecular flexibility index (Phi) is 4.32. The van der Waals surface area contributed by atoms with Crippen LogP contribution in [0.1, 0.15) is 31.2 Å². The quantitative estimate of drug-likeness (QED) is 0.688. The fourth-order valence-electron chi connectivity index (χ4n) is 4.45. The average molecular weight is 398 g/mol. The summed E-state index contributed by atoms with van der Waals surface area (Å²) in [5, 5.41) is 7.94. The maximum absolute atomic E-state index is 13.0. The van der Waals surface area contributed by atoms with E-state index in [0.717, 1.165) is 23.8 Å². The van der Waals surface area contributed by atoms with Crippen LogP contribution in [-0.4, -0.2) is 40.5 Å². The Labute approximate surface area is 164 Å². The number of anilines is 1. The minimum Gasteiger partial charge on any atom is -0.365 e. The van der Waals surface area contributed by atoms with Gasteiger partial charge in [0, 0.05) is 24.3 Å². The first-order chi connectivity index (χ1) is 13.6. The Morgan fingerprint density at radius 3 is 2.75 bits per heavy atom. The second kappa shape index (κ2) is 6.86. The van der Waals surface area contributed by atoms with Gasteiger partial charge in [0.15, 0.2) is 5.65 Å². The summed E-state index contributed by atoms with van der Waals surface area (Å²) in [6.07, 6.45) is 7.68. The summed E-state index contributed by atoms with van der Waals surface area (Å²) in [7, 11) is -3.57. The topological polar surface area (TPSA) is 88.9 Å². The molecule has 0 spiro atoms. The molecule has 28 heavy (non-hydrogen) atoms. The zero-order valence-corrected chi connectivity index (χ0v) is 16.3. The summed E-state index contributed by atoms with van der Waals surface area (Å²) < 4.78 is 27.2. The first-order valence-electron chi connectivity index (χ1n) is 9.72. The van der Waals surface area contributed by atoms with Crippen molar-refractivity contribution in [3.05, 3.63) is 54.5 Å². The summed E-state index contributed by atoms with van der Waals surface area (Å²) in [6.45, 7) is 0. The number of hydrogen-bond acceptors (Lipinski definition) is 6. The van der Waals surface area contributed by atoms with Gasteiger partial charge >= 0.3 is 0 Å². The molecule has 2 aliphatic heterocycles.